The molecule has 2 saturated carbocycles. The molecule has 3 N–H and O–H groups in total. The zero-order valence-corrected chi connectivity index (χ0v) is 28.7. The molecule has 2 fully saturated rings. The van der Waals surface area contributed by atoms with E-state index in [4.69, 9.17) is 4.74 Å². The van der Waals surface area contributed by atoms with Gasteiger partial charge in [0.25, 0.3) is 0 Å². The maximum Gasteiger partial charge on any atom is 0.0982 e. The first kappa shape index (κ1) is 35.8. The van der Waals surface area contributed by atoms with E-state index in [1.54, 1.807) is 6.92 Å². The molecule has 0 saturated heterocycles. The minimum atomic E-state index is -1.05. The van der Waals surface area contributed by atoms with Gasteiger partial charge in [0.1, 0.15) is 0 Å². The fourth-order valence-electron chi connectivity index (χ4n) is 7.21. The largest absolute Gasteiger partial charge is 0.393 e. The van der Waals surface area contributed by atoms with Gasteiger partial charge in [0.2, 0.25) is 0 Å². The Bertz CT molecular complexity index is 1360. The molecule has 0 aromatic carbocycles. The van der Waals surface area contributed by atoms with Crippen LogP contribution in [0.1, 0.15) is 94.9 Å². The highest BCUT2D eigenvalue weighted by Gasteiger charge is 2.50. The summed E-state index contributed by atoms with van der Waals surface area (Å²) in [6, 6.07) is 0. The Morgan fingerprint density at radius 1 is 0.727 bits per heavy atom. The Labute approximate surface area is 267 Å². The molecular formula is C40H56O4. The minimum absolute atomic E-state index is 0.0566. The summed E-state index contributed by atoms with van der Waals surface area (Å²) in [7, 11) is 0. The van der Waals surface area contributed by atoms with Gasteiger partial charge in [0.15, 0.2) is 0 Å². The number of aliphatic hydroxyl groups is 3. The molecule has 0 amide bonds. The van der Waals surface area contributed by atoms with Crippen molar-refractivity contribution in [2.75, 3.05) is 0 Å². The monoisotopic (exact) mass is 600 g/mol. The molecule has 3 rings (SSSR count). The standard InChI is InChI=1S/C40H56O4/c1-28(17-13-18-30(3)21-22-35-37(5,6)24-32(41)26-39(35,9)43)15-11-12-16-29(2)19-14-20-31(4)34-23-36-38(7,8)25-33(42)27-40(36,10)44-34/h11-21,23,32-34,41-43H,24-27H2,1-10H3/b12-11+,17-13+,19-14+,28-15+,29-16+,30-18+,31-20+/t22?,32-,33-,34?,39+,40+/m0/s1. The molecule has 2 aliphatic carbocycles. The molecule has 4 nitrogen and oxygen atoms in total. The van der Waals surface area contributed by atoms with Crippen molar-refractivity contribution in [3.05, 3.63) is 112 Å². The summed E-state index contributed by atoms with van der Waals surface area (Å²) in [6.45, 7) is 20.7. The average molecular weight is 601 g/mol. The van der Waals surface area contributed by atoms with E-state index < -0.39 is 17.3 Å². The SMILES string of the molecule is C\C(C=C=C1C(C)(C)C[C@H](O)C[C@@]1(C)O)=C/C=C/C(C)=C/C=C/C=C(C)/C=C/C=C(\C)C1C=C2C(C)(C)C[C@H](O)C[C@@]2(C)O1. The van der Waals surface area contributed by atoms with E-state index in [1.807, 2.05) is 37.3 Å². The molecule has 240 valence electrons. The van der Waals surface area contributed by atoms with Crippen molar-refractivity contribution in [3.8, 4) is 0 Å². The Hall–Kier alpha value is -2.72. The number of hydrogen-bond donors (Lipinski definition) is 3. The number of fused-ring (bicyclic) bond motifs is 1. The van der Waals surface area contributed by atoms with E-state index in [-0.39, 0.29) is 23.0 Å². The Morgan fingerprint density at radius 3 is 1.84 bits per heavy atom. The van der Waals surface area contributed by atoms with E-state index in [2.05, 4.69) is 104 Å². The molecule has 0 spiro atoms. The van der Waals surface area contributed by atoms with Crippen LogP contribution in [-0.2, 0) is 4.74 Å². The highest BCUT2D eigenvalue weighted by molar-refractivity contribution is 5.37. The maximum atomic E-state index is 10.9. The lowest BCUT2D eigenvalue weighted by Crippen LogP contribution is -2.45. The zero-order valence-electron chi connectivity index (χ0n) is 28.7. The van der Waals surface area contributed by atoms with Gasteiger partial charge >= 0.3 is 0 Å². The van der Waals surface area contributed by atoms with Crippen molar-refractivity contribution in [3.63, 3.8) is 0 Å². The molecule has 0 bridgehead atoms. The lowest BCUT2D eigenvalue weighted by atomic mass is 9.65. The van der Waals surface area contributed by atoms with Crippen molar-refractivity contribution in [1.29, 1.82) is 0 Å². The summed E-state index contributed by atoms with van der Waals surface area (Å²) < 4.78 is 6.46. The van der Waals surface area contributed by atoms with Crippen LogP contribution >= 0.6 is 0 Å². The Balaban J connectivity index is 1.56. The van der Waals surface area contributed by atoms with E-state index in [0.29, 0.717) is 19.3 Å². The molecule has 5 atom stereocenters. The predicted molar refractivity (Wildman–Crippen MR) is 184 cm³/mol. The third-order valence-electron chi connectivity index (χ3n) is 9.13. The van der Waals surface area contributed by atoms with Crippen LogP contribution in [0.15, 0.2) is 112 Å². The summed E-state index contributed by atoms with van der Waals surface area (Å²) in [5.41, 5.74) is 8.16. The lowest BCUT2D eigenvalue weighted by molar-refractivity contribution is -0.0683. The first-order valence-electron chi connectivity index (χ1n) is 16.0. The molecule has 1 aliphatic heterocycles. The van der Waals surface area contributed by atoms with Gasteiger partial charge in [-0.15, -0.1) is 5.73 Å². The van der Waals surface area contributed by atoms with Crippen LogP contribution < -0.4 is 0 Å². The fourth-order valence-corrected chi connectivity index (χ4v) is 7.21. The third-order valence-corrected chi connectivity index (χ3v) is 9.13. The predicted octanol–water partition coefficient (Wildman–Crippen LogP) is 8.72. The molecule has 1 unspecified atom stereocenters. The Morgan fingerprint density at radius 2 is 1.25 bits per heavy atom. The van der Waals surface area contributed by atoms with Gasteiger partial charge in [-0.3, -0.25) is 0 Å². The van der Waals surface area contributed by atoms with Crippen molar-refractivity contribution in [1.82, 2.24) is 0 Å². The summed E-state index contributed by atoms with van der Waals surface area (Å²) in [4.78, 5) is 0. The van der Waals surface area contributed by atoms with Gasteiger partial charge in [-0.2, -0.15) is 0 Å². The van der Waals surface area contributed by atoms with Crippen molar-refractivity contribution >= 4 is 0 Å². The molecule has 0 aromatic heterocycles. The van der Waals surface area contributed by atoms with Crippen LogP contribution in [0.5, 0.6) is 0 Å². The lowest BCUT2D eigenvalue weighted by Gasteiger charge is -2.44. The first-order chi connectivity index (χ1) is 20.3. The molecule has 1 heterocycles. The quantitative estimate of drug-likeness (QED) is 0.148. The van der Waals surface area contributed by atoms with Crippen molar-refractivity contribution < 1.29 is 20.1 Å². The second kappa shape index (κ2) is 14.1. The van der Waals surface area contributed by atoms with Gasteiger partial charge in [0, 0.05) is 18.4 Å². The number of aliphatic hydroxyl groups excluding tert-OH is 2. The highest BCUT2D eigenvalue weighted by Crippen LogP contribution is 2.52. The molecule has 44 heavy (non-hydrogen) atoms. The van der Waals surface area contributed by atoms with Crippen LogP contribution in [0.25, 0.3) is 0 Å². The number of allylic oxidation sites excluding steroid dienone is 13. The number of ether oxygens (including phenoxy) is 1. The molecule has 3 aliphatic rings. The zero-order chi connectivity index (χ0) is 32.9. The Kier molecular flexibility index (Phi) is 11.5. The van der Waals surface area contributed by atoms with Gasteiger partial charge in [-0.25, -0.2) is 0 Å². The molecule has 4 heteroatoms. The normalized spacial score (nSPS) is 33.2. The van der Waals surface area contributed by atoms with Crippen LogP contribution in [0.4, 0.5) is 0 Å². The van der Waals surface area contributed by atoms with E-state index in [1.165, 1.54) is 5.57 Å². The van der Waals surface area contributed by atoms with E-state index >= 15 is 0 Å². The van der Waals surface area contributed by atoms with Gasteiger partial charge in [-0.1, -0.05) is 99.6 Å². The van der Waals surface area contributed by atoms with Gasteiger partial charge < -0.3 is 20.1 Å². The molecule has 0 aromatic rings. The van der Waals surface area contributed by atoms with Gasteiger partial charge in [0.05, 0.1) is 29.5 Å². The summed E-state index contributed by atoms with van der Waals surface area (Å²) in [5, 5.41) is 31.4. The van der Waals surface area contributed by atoms with Gasteiger partial charge in [-0.05, 0) is 94.1 Å². The summed E-state index contributed by atoms with van der Waals surface area (Å²) in [6.07, 6.45) is 26.4. The second-order valence-electron chi connectivity index (χ2n) is 14.9. The van der Waals surface area contributed by atoms with Crippen LogP contribution in [-0.4, -0.2) is 44.8 Å². The molecule has 0 radical (unpaired) electrons. The highest BCUT2D eigenvalue weighted by atomic mass is 16.5. The van der Waals surface area contributed by atoms with Crippen molar-refractivity contribution in [2.24, 2.45) is 10.8 Å². The second-order valence-corrected chi connectivity index (χ2v) is 14.9. The summed E-state index contributed by atoms with van der Waals surface area (Å²) >= 11 is 0. The van der Waals surface area contributed by atoms with Crippen LogP contribution in [0, 0.1) is 10.8 Å². The van der Waals surface area contributed by atoms with Crippen LogP contribution in [0.2, 0.25) is 0 Å². The average Bonchev–Trinajstić information content (AvgIpc) is 3.22. The number of hydrogen-bond acceptors (Lipinski definition) is 4. The fraction of sp³-hybridized carbons (Fsp3) is 0.525. The smallest absolute Gasteiger partial charge is 0.0982 e. The van der Waals surface area contributed by atoms with Crippen molar-refractivity contribution in [2.45, 2.75) is 124 Å². The van der Waals surface area contributed by atoms with E-state index in [0.717, 1.165) is 34.3 Å². The minimum Gasteiger partial charge on any atom is -0.393 e. The van der Waals surface area contributed by atoms with Crippen LogP contribution in [0.3, 0.4) is 0 Å². The summed E-state index contributed by atoms with van der Waals surface area (Å²) in [5.74, 6) is 0. The topological polar surface area (TPSA) is 69.9 Å². The first-order valence-corrected chi connectivity index (χ1v) is 16.0. The van der Waals surface area contributed by atoms with E-state index in [9.17, 15) is 15.3 Å². The maximum absolute atomic E-state index is 10.9. The number of rotatable bonds is 8. The molecular weight excluding hydrogens is 544 g/mol. The third kappa shape index (κ3) is 9.39.